The lowest BCUT2D eigenvalue weighted by atomic mass is 10.1. The Morgan fingerprint density at radius 3 is 2.71 bits per heavy atom. The molecule has 0 aliphatic carbocycles. The van der Waals surface area contributed by atoms with E-state index < -0.39 is 0 Å². The Labute approximate surface area is 137 Å². The number of hydrogen-bond acceptors (Lipinski definition) is 2. The molecule has 0 aromatic heterocycles. The topological polar surface area (TPSA) is 41.1 Å². The van der Waals surface area contributed by atoms with Crippen LogP contribution >= 0.6 is 27.5 Å². The second kappa shape index (κ2) is 7.59. The number of carbonyl (C=O) groups excluding carboxylic acids is 1. The minimum Gasteiger partial charge on any atom is -0.325 e. The van der Waals surface area contributed by atoms with Crippen LogP contribution in [0.4, 0.5) is 5.69 Å². The summed E-state index contributed by atoms with van der Waals surface area (Å²) in [5.41, 5.74) is 1.82. The van der Waals surface area contributed by atoms with E-state index in [4.69, 9.17) is 11.6 Å². The summed E-state index contributed by atoms with van der Waals surface area (Å²) in [4.78, 5) is 11.9. The molecule has 0 aliphatic rings. The average Bonchev–Trinajstić information content (AvgIpc) is 2.45. The predicted molar refractivity (Wildman–Crippen MR) is 90.6 cm³/mol. The van der Waals surface area contributed by atoms with Crippen LogP contribution in [0, 0.1) is 0 Å². The minimum absolute atomic E-state index is 0.0904. The molecule has 2 N–H and O–H groups in total. The van der Waals surface area contributed by atoms with E-state index in [1.807, 2.05) is 37.3 Å². The summed E-state index contributed by atoms with van der Waals surface area (Å²) in [5, 5.41) is 6.60. The van der Waals surface area contributed by atoms with Crippen molar-refractivity contribution in [2.45, 2.75) is 13.0 Å². The van der Waals surface area contributed by atoms with Crippen molar-refractivity contribution < 1.29 is 4.79 Å². The van der Waals surface area contributed by atoms with Crippen LogP contribution in [-0.4, -0.2) is 12.5 Å². The van der Waals surface area contributed by atoms with Crippen LogP contribution in [0.15, 0.2) is 53.0 Å². The van der Waals surface area contributed by atoms with Crippen LogP contribution in [0.5, 0.6) is 0 Å². The van der Waals surface area contributed by atoms with Gasteiger partial charge < -0.3 is 10.6 Å². The van der Waals surface area contributed by atoms with Gasteiger partial charge in [-0.1, -0.05) is 45.7 Å². The second-order valence-electron chi connectivity index (χ2n) is 4.72. The van der Waals surface area contributed by atoms with Crippen molar-refractivity contribution in [2.24, 2.45) is 0 Å². The highest BCUT2D eigenvalue weighted by Crippen LogP contribution is 2.18. The molecule has 2 aromatic carbocycles. The van der Waals surface area contributed by atoms with Crippen LogP contribution < -0.4 is 10.6 Å². The number of anilines is 1. The van der Waals surface area contributed by atoms with E-state index >= 15 is 0 Å². The van der Waals surface area contributed by atoms with E-state index in [1.54, 1.807) is 18.2 Å². The number of amides is 1. The molecular weight excluding hydrogens is 352 g/mol. The molecule has 1 unspecified atom stereocenters. The van der Waals surface area contributed by atoms with Gasteiger partial charge >= 0.3 is 0 Å². The SMILES string of the molecule is CC(NCC(=O)Nc1cccc(Cl)c1)c1cccc(Br)c1. The standard InChI is InChI=1S/C16H16BrClN2O/c1-11(12-4-2-5-13(17)8-12)19-10-16(21)20-15-7-3-6-14(18)9-15/h2-9,11,19H,10H2,1H3,(H,20,21). The number of benzene rings is 2. The van der Waals surface area contributed by atoms with Gasteiger partial charge in [0.05, 0.1) is 6.54 Å². The van der Waals surface area contributed by atoms with Crippen LogP contribution in [0.25, 0.3) is 0 Å². The highest BCUT2D eigenvalue weighted by molar-refractivity contribution is 9.10. The molecule has 0 saturated carbocycles. The molecule has 5 heteroatoms. The summed E-state index contributed by atoms with van der Waals surface area (Å²) >= 11 is 9.32. The van der Waals surface area contributed by atoms with Gasteiger partial charge in [0.15, 0.2) is 0 Å². The Kier molecular flexibility index (Phi) is 5.79. The Morgan fingerprint density at radius 2 is 2.00 bits per heavy atom. The Bertz CT molecular complexity index is 633. The molecule has 1 amide bonds. The van der Waals surface area contributed by atoms with E-state index in [-0.39, 0.29) is 18.5 Å². The Morgan fingerprint density at radius 1 is 1.24 bits per heavy atom. The van der Waals surface area contributed by atoms with Crippen molar-refractivity contribution in [3.8, 4) is 0 Å². The summed E-state index contributed by atoms with van der Waals surface area (Å²) in [6.45, 7) is 2.26. The maximum Gasteiger partial charge on any atom is 0.238 e. The van der Waals surface area contributed by atoms with Crippen LogP contribution in [-0.2, 0) is 4.79 Å². The first kappa shape index (κ1) is 16.0. The van der Waals surface area contributed by atoms with Gasteiger partial charge in [-0.05, 0) is 42.8 Å². The quantitative estimate of drug-likeness (QED) is 0.823. The van der Waals surface area contributed by atoms with E-state index in [2.05, 4.69) is 26.6 Å². The van der Waals surface area contributed by atoms with Crippen LogP contribution in [0.2, 0.25) is 5.02 Å². The molecular formula is C16H16BrClN2O. The van der Waals surface area contributed by atoms with E-state index in [0.717, 1.165) is 10.0 Å². The number of carbonyl (C=O) groups is 1. The maximum absolute atomic E-state index is 11.9. The monoisotopic (exact) mass is 366 g/mol. The van der Waals surface area contributed by atoms with Gasteiger partial charge in [-0.2, -0.15) is 0 Å². The normalized spacial score (nSPS) is 12.0. The summed E-state index contributed by atoms with van der Waals surface area (Å²) in [6.07, 6.45) is 0. The molecule has 0 radical (unpaired) electrons. The van der Waals surface area contributed by atoms with Gasteiger partial charge in [-0.3, -0.25) is 4.79 Å². The van der Waals surface area contributed by atoms with Gasteiger partial charge in [-0.15, -0.1) is 0 Å². The lowest BCUT2D eigenvalue weighted by Gasteiger charge is -2.14. The highest BCUT2D eigenvalue weighted by atomic mass is 79.9. The third kappa shape index (κ3) is 5.16. The fourth-order valence-corrected chi connectivity index (χ4v) is 2.52. The molecule has 3 nitrogen and oxygen atoms in total. The van der Waals surface area contributed by atoms with Crippen molar-refractivity contribution in [3.63, 3.8) is 0 Å². The Hall–Kier alpha value is -1.36. The summed E-state index contributed by atoms with van der Waals surface area (Å²) in [6, 6.07) is 15.2. The molecule has 0 fully saturated rings. The lowest BCUT2D eigenvalue weighted by Crippen LogP contribution is -2.30. The first-order valence-electron chi connectivity index (χ1n) is 6.59. The zero-order valence-electron chi connectivity index (χ0n) is 11.6. The smallest absolute Gasteiger partial charge is 0.238 e. The van der Waals surface area contributed by atoms with E-state index in [0.29, 0.717) is 10.7 Å². The number of halogens is 2. The molecule has 0 saturated heterocycles. The molecule has 0 bridgehead atoms. The Balaban J connectivity index is 1.86. The summed E-state index contributed by atoms with van der Waals surface area (Å²) < 4.78 is 1.03. The largest absolute Gasteiger partial charge is 0.325 e. The molecule has 2 aromatic rings. The third-order valence-corrected chi connectivity index (χ3v) is 3.75. The summed E-state index contributed by atoms with van der Waals surface area (Å²) in [7, 11) is 0. The third-order valence-electron chi connectivity index (χ3n) is 3.03. The molecule has 2 rings (SSSR count). The molecule has 1 atom stereocenters. The molecule has 110 valence electrons. The predicted octanol–water partition coefficient (Wildman–Crippen LogP) is 4.39. The molecule has 0 heterocycles. The highest BCUT2D eigenvalue weighted by Gasteiger charge is 2.08. The van der Waals surface area contributed by atoms with Crippen molar-refractivity contribution in [1.29, 1.82) is 0 Å². The van der Waals surface area contributed by atoms with Gasteiger partial charge in [0.2, 0.25) is 5.91 Å². The van der Waals surface area contributed by atoms with E-state index in [1.165, 1.54) is 0 Å². The van der Waals surface area contributed by atoms with Gasteiger partial charge in [0.25, 0.3) is 0 Å². The lowest BCUT2D eigenvalue weighted by molar-refractivity contribution is -0.115. The first-order valence-corrected chi connectivity index (χ1v) is 7.76. The van der Waals surface area contributed by atoms with Crippen molar-refractivity contribution in [3.05, 3.63) is 63.6 Å². The van der Waals surface area contributed by atoms with Gasteiger partial charge in [-0.25, -0.2) is 0 Å². The van der Waals surface area contributed by atoms with Gasteiger partial charge in [0.1, 0.15) is 0 Å². The zero-order valence-corrected chi connectivity index (χ0v) is 13.9. The second-order valence-corrected chi connectivity index (χ2v) is 6.07. The maximum atomic E-state index is 11.9. The number of nitrogens with one attached hydrogen (secondary N) is 2. The molecule has 21 heavy (non-hydrogen) atoms. The first-order chi connectivity index (χ1) is 10.0. The number of hydrogen-bond donors (Lipinski definition) is 2. The zero-order chi connectivity index (χ0) is 15.2. The molecule has 0 spiro atoms. The fraction of sp³-hybridized carbons (Fsp3) is 0.188. The van der Waals surface area contributed by atoms with Crippen molar-refractivity contribution in [1.82, 2.24) is 5.32 Å². The van der Waals surface area contributed by atoms with Crippen molar-refractivity contribution >= 4 is 39.1 Å². The van der Waals surface area contributed by atoms with Crippen molar-refractivity contribution in [2.75, 3.05) is 11.9 Å². The van der Waals surface area contributed by atoms with E-state index in [9.17, 15) is 4.79 Å². The fourth-order valence-electron chi connectivity index (χ4n) is 1.91. The van der Waals surface area contributed by atoms with Crippen LogP contribution in [0.3, 0.4) is 0 Å². The minimum atomic E-state index is -0.0980. The molecule has 0 aliphatic heterocycles. The van der Waals surface area contributed by atoms with Crippen LogP contribution in [0.1, 0.15) is 18.5 Å². The van der Waals surface area contributed by atoms with Gasteiger partial charge in [0, 0.05) is 21.2 Å². The average molecular weight is 368 g/mol. The summed E-state index contributed by atoms with van der Waals surface area (Å²) in [5.74, 6) is -0.0980. The number of rotatable bonds is 5.